The molecule has 1 atom stereocenters. The zero-order chi connectivity index (χ0) is 17.8. The van der Waals surface area contributed by atoms with Crippen LogP contribution in [-0.2, 0) is 11.3 Å². The van der Waals surface area contributed by atoms with E-state index in [0.29, 0.717) is 11.7 Å². The molecule has 0 spiro atoms. The highest BCUT2D eigenvalue weighted by molar-refractivity contribution is 7.13. The molecule has 3 aromatic rings. The number of hydrogen-bond donors (Lipinski definition) is 1. The third kappa shape index (κ3) is 3.78. The van der Waals surface area contributed by atoms with E-state index in [2.05, 4.69) is 15.3 Å². The number of likely N-dealkylation sites (N-methyl/N-ethyl adjacent to an activating group) is 1. The molecule has 0 saturated carbocycles. The molecular weight excluding hydrogens is 336 g/mol. The van der Waals surface area contributed by atoms with E-state index >= 15 is 0 Å². The molecule has 0 unspecified atom stereocenters. The summed E-state index contributed by atoms with van der Waals surface area (Å²) < 4.78 is 5.39. The average Bonchev–Trinajstić information content (AvgIpc) is 3.14. The number of anilines is 1. The first-order valence-electron chi connectivity index (χ1n) is 7.91. The van der Waals surface area contributed by atoms with Crippen molar-refractivity contribution in [3.63, 3.8) is 0 Å². The van der Waals surface area contributed by atoms with Crippen molar-refractivity contribution in [1.29, 1.82) is 0 Å². The molecule has 1 N–H and O–H groups in total. The second-order valence-corrected chi connectivity index (χ2v) is 6.64. The topological polar surface area (TPSA) is 67.3 Å². The maximum Gasteiger partial charge on any atom is 0.243 e. The molecule has 2 heterocycles. The lowest BCUT2D eigenvalue weighted by atomic mass is 10.1. The molecule has 0 aliphatic heterocycles. The van der Waals surface area contributed by atoms with E-state index in [1.807, 2.05) is 48.5 Å². The van der Waals surface area contributed by atoms with Gasteiger partial charge in [0.05, 0.1) is 13.2 Å². The van der Waals surface area contributed by atoms with Crippen LogP contribution in [0.15, 0.2) is 42.0 Å². The van der Waals surface area contributed by atoms with Crippen molar-refractivity contribution in [2.24, 2.45) is 0 Å². The standard InChI is InChI=1S/C18H20N4O2S/c1-12(17(23)21-18-20-9-10-25-18)22(2)11-13-6-7-15(24-3)16-14(13)5-4-8-19-16/h4-10,12H,11H2,1-3H3,(H,20,21,23)/t12-/m0/s1. The Morgan fingerprint density at radius 2 is 2.16 bits per heavy atom. The summed E-state index contributed by atoms with van der Waals surface area (Å²) in [6.45, 7) is 2.51. The Balaban J connectivity index is 1.77. The third-order valence-corrected chi connectivity index (χ3v) is 4.85. The SMILES string of the molecule is COc1ccc(CN(C)[C@@H](C)C(=O)Nc2nccs2)c2cccnc12. The lowest BCUT2D eigenvalue weighted by Gasteiger charge is -2.24. The van der Waals surface area contributed by atoms with E-state index in [9.17, 15) is 4.79 Å². The number of nitrogens with zero attached hydrogens (tertiary/aromatic N) is 3. The smallest absolute Gasteiger partial charge is 0.243 e. The van der Waals surface area contributed by atoms with E-state index in [-0.39, 0.29) is 11.9 Å². The van der Waals surface area contributed by atoms with Gasteiger partial charge in [0.2, 0.25) is 5.91 Å². The van der Waals surface area contributed by atoms with Crippen molar-refractivity contribution < 1.29 is 9.53 Å². The summed E-state index contributed by atoms with van der Waals surface area (Å²) in [5.41, 5.74) is 1.93. The number of amides is 1. The van der Waals surface area contributed by atoms with Gasteiger partial charge in [-0.15, -0.1) is 11.3 Å². The first-order chi connectivity index (χ1) is 12.1. The molecule has 0 fully saturated rings. The molecule has 25 heavy (non-hydrogen) atoms. The molecule has 0 bridgehead atoms. The largest absolute Gasteiger partial charge is 0.494 e. The monoisotopic (exact) mass is 356 g/mol. The van der Waals surface area contributed by atoms with Gasteiger partial charge >= 0.3 is 0 Å². The van der Waals surface area contributed by atoms with Gasteiger partial charge in [-0.2, -0.15) is 0 Å². The Morgan fingerprint density at radius 1 is 1.32 bits per heavy atom. The van der Waals surface area contributed by atoms with Crippen LogP contribution < -0.4 is 10.1 Å². The molecule has 0 radical (unpaired) electrons. The minimum Gasteiger partial charge on any atom is -0.494 e. The summed E-state index contributed by atoms with van der Waals surface area (Å²) in [6, 6.07) is 7.57. The highest BCUT2D eigenvalue weighted by atomic mass is 32.1. The van der Waals surface area contributed by atoms with Crippen LogP contribution in [0, 0.1) is 0 Å². The lowest BCUT2D eigenvalue weighted by molar-refractivity contribution is -0.120. The van der Waals surface area contributed by atoms with Gasteiger partial charge in [0.25, 0.3) is 0 Å². The number of thiazole rings is 1. The van der Waals surface area contributed by atoms with Crippen molar-refractivity contribution in [2.75, 3.05) is 19.5 Å². The van der Waals surface area contributed by atoms with Crippen LogP contribution in [0.1, 0.15) is 12.5 Å². The number of benzene rings is 1. The van der Waals surface area contributed by atoms with Crippen LogP contribution in [0.3, 0.4) is 0 Å². The summed E-state index contributed by atoms with van der Waals surface area (Å²) in [6.07, 6.45) is 3.42. The molecule has 3 rings (SSSR count). The lowest BCUT2D eigenvalue weighted by Crippen LogP contribution is -2.39. The van der Waals surface area contributed by atoms with Crippen molar-refractivity contribution >= 4 is 33.3 Å². The number of rotatable bonds is 6. The number of carbonyl (C=O) groups is 1. The number of carbonyl (C=O) groups excluding carboxylic acids is 1. The molecule has 0 saturated heterocycles. The fraction of sp³-hybridized carbons (Fsp3) is 0.278. The molecule has 1 amide bonds. The number of aromatic nitrogens is 2. The molecule has 7 heteroatoms. The van der Waals surface area contributed by atoms with E-state index < -0.39 is 0 Å². The molecule has 0 aliphatic rings. The van der Waals surface area contributed by atoms with Gasteiger partial charge in [0.15, 0.2) is 5.13 Å². The normalized spacial score (nSPS) is 12.3. The second-order valence-electron chi connectivity index (χ2n) is 5.74. The first kappa shape index (κ1) is 17.3. The first-order valence-corrected chi connectivity index (χ1v) is 8.79. The molecule has 2 aromatic heterocycles. The quantitative estimate of drug-likeness (QED) is 0.735. The van der Waals surface area contributed by atoms with E-state index in [4.69, 9.17) is 4.74 Å². The minimum absolute atomic E-state index is 0.0756. The van der Waals surface area contributed by atoms with E-state index in [1.54, 1.807) is 19.5 Å². The number of methoxy groups -OCH3 is 1. The Hall–Kier alpha value is -2.51. The van der Waals surface area contributed by atoms with Gasteiger partial charge in [0.1, 0.15) is 11.3 Å². The summed E-state index contributed by atoms with van der Waals surface area (Å²) in [5.74, 6) is 0.671. The summed E-state index contributed by atoms with van der Waals surface area (Å²) in [4.78, 5) is 22.9. The van der Waals surface area contributed by atoms with Crippen LogP contribution in [0.2, 0.25) is 0 Å². The predicted molar refractivity (Wildman–Crippen MR) is 100.0 cm³/mol. The number of ether oxygens (including phenoxy) is 1. The zero-order valence-electron chi connectivity index (χ0n) is 14.4. The number of fused-ring (bicyclic) bond motifs is 1. The highest BCUT2D eigenvalue weighted by Gasteiger charge is 2.20. The fourth-order valence-electron chi connectivity index (χ4n) is 2.61. The van der Waals surface area contributed by atoms with Crippen LogP contribution in [0.4, 0.5) is 5.13 Å². The summed E-state index contributed by atoms with van der Waals surface area (Å²) in [5, 5.41) is 6.32. The van der Waals surface area contributed by atoms with Crippen molar-refractivity contribution in [3.8, 4) is 5.75 Å². The van der Waals surface area contributed by atoms with Gasteiger partial charge in [0, 0.05) is 29.7 Å². The number of hydrogen-bond acceptors (Lipinski definition) is 6. The van der Waals surface area contributed by atoms with Crippen LogP contribution in [0.25, 0.3) is 10.9 Å². The average molecular weight is 356 g/mol. The van der Waals surface area contributed by atoms with Crippen LogP contribution in [0.5, 0.6) is 5.75 Å². The van der Waals surface area contributed by atoms with Gasteiger partial charge in [-0.3, -0.25) is 14.7 Å². The minimum atomic E-state index is -0.294. The van der Waals surface area contributed by atoms with Crippen LogP contribution >= 0.6 is 11.3 Å². The Morgan fingerprint density at radius 3 is 2.88 bits per heavy atom. The molecule has 6 nitrogen and oxygen atoms in total. The van der Waals surface area contributed by atoms with E-state index in [0.717, 1.165) is 22.2 Å². The van der Waals surface area contributed by atoms with E-state index in [1.165, 1.54) is 11.3 Å². The molecular formula is C18H20N4O2S. The third-order valence-electron chi connectivity index (χ3n) is 4.17. The Kier molecular flexibility index (Phi) is 5.25. The molecule has 130 valence electrons. The van der Waals surface area contributed by atoms with Crippen molar-refractivity contribution in [3.05, 3.63) is 47.6 Å². The van der Waals surface area contributed by atoms with Gasteiger partial charge in [-0.1, -0.05) is 12.1 Å². The van der Waals surface area contributed by atoms with Crippen molar-refractivity contribution in [2.45, 2.75) is 19.5 Å². The highest BCUT2D eigenvalue weighted by Crippen LogP contribution is 2.27. The fourth-order valence-corrected chi connectivity index (χ4v) is 3.14. The molecule has 0 aliphatic carbocycles. The van der Waals surface area contributed by atoms with Crippen molar-refractivity contribution in [1.82, 2.24) is 14.9 Å². The maximum atomic E-state index is 12.4. The van der Waals surface area contributed by atoms with Gasteiger partial charge < -0.3 is 10.1 Å². The number of pyridine rings is 1. The zero-order valence-corrected chi connectivity index (χ0v) is 15.2. The Labute approximate surface area is 150 Å². The summed E-state index contributed by atoms with van der Waals surface area (Å²) >= 11 is 1.41. The van der Waals surface area contributed by atoms with Crippen LogP contribution in [-0.4, -0.2) is 41.0 Å². The Bertz CT molecular complexity index is 867. The van der Waals surface area contributed by atoms with Gasteiger partial charge in [-0.05, 0) is 31.7 Å². The van der Waals surface area contributed by atoms with Gasteiger partial charge in [-0.25, -0.2) is 4.98 Å². The summed E-state index contributed by atoms with van der Waals surface area (Å²) in [7, 11) is 3.57. The molecule has 1 aromatic carbocycles. The predicted octanol–water partition coefficient (Wildman–Crippen LogP) is 3.16. The second kappa shape index (κ2) is 7.58. The number of nitrogens with one attached hydrogen (secondary N) is 1. The maximum absolute atomic E-state index is 12.4.